The van der Waals surface area contributed by atoms with Crippen molar-refractivity contribution in [1.82, 2.24) is 0 Å². The Hall–Kier alpha value is -0.260. The van der Waals surface area contributed by atoms with E-state index in [1.165, 1.54) is 12.1 Å². The third-order valence-corrected chi connectivity index (χ3v) is 5.12. The molecule has 2 N–H and O–H groups in total. The predicted octanol–water partition coefficient (Wildman–Crippen LogP) is 3.81. The monoisotopic (exact) mass is 339 g/mol. The van der Waals surface area contributed by atoms with Gasteiger partial charge in [0.25, 0.3) is 0 Å². The van der Waals surface area contributed by atoms with E-state index in [2.05, 4.69) is 15.9 Å². The smallest absolute Gasteiger partial charge is 0.314 e. The SMILES string of the molecule is CCOP(=O)(OCC)[C@H](N)c1c(F)cccc1Br. The van der Waals surface area contributed by atoms with Crippen molar-refractivity contribution < 1.29 is 18.0 Å². The Kier molecular flexibility index (Phi) is 5.95. The summed E-state index contributed by atoms with van der Waals surface area (Å²) in [6, 6.07) is 4.41. The molecule has 0 aliphatic carbocycles. The van der Waals surface area contributed by atoms with Crippen molar-refractivity contribution in [1.29, 1.82) is 0 Å². The van der Waals surface area contributed by atoms with E-state index in [-0.39, 0.29) is 18.8 Å². The third kappa shape index (κ3) is 3.39. The summed E-state index contributed by atoms with van der Waals surface area (Å²) < 4.78 is 36.9. The molecule has 0 spiro atoms. The summed E-state index contributed by atoms with van der Waals surface area (Å²) in [5, 5.41) is 0. The molecule has 0 aliphatic rings. The van der Waals surface area contributed by atoms with Crippen molar-refractivity contribution in [2.45, 2.75) is 19.6 Å². The zero-order valence-corrected chi connectivity index (χ0v) is 12.7. The molecule has 0 unspecified atom stereocenters. The number of halogens is 2. The Balaban J connectivity index is 3.17. The average molecular weight is 340 g/mol. The van der Waals surface area contributed by atoms with Crippen molar-refractivity contribution in [3.05, 3.63) is 34.1 Å². The van der Waals surface area contributed by atoms with E-state index in [1.807, 2.05) is 0 Å². The second-order valence-corrected chi connectivity index (χ2v) is 6.46. The van der Waals surface area contributed by atoms with Gasteiger partial charge in [-0.05, 0) is 26.0 Å². The van der Waals surface area contributed by atoms with Gasteiger partial charge in [0, 0.05) is 10.0 Å². The van der Waals surface area contributed by atoms with Crippen molar-refractivity contribution in [2.75, 3.05) is 13.2 Å². The summed E-state index contributed by atoms with van der Waals surface area (Å²) in [7, 11) is -3.58. The van der Waals surface area contributed by atoms with Crippen molar-refractivity contribution in [2.24, 2.45) is 5.73 Å². The molecule has 4 nitrogen and oxygen atoms in total. The summed E-state index contributed by atoms with van der Waals surface area (Å²) in [5.74, 6) is -1.70. The lowest BCUT2D eigenvalue weighted by Crippen LogP contribution is -2.17. The largest absolute Gasteiger partial charge is 0.351 e. The molecular weight excluding hydrogens is 324 g/mol. The maximum absolute atomic E-state index is 13.8. The van der Waals surface area contributed by atoms with Gasteiger partial charge in [-0.3, -0.25) is 4.57 Å². The predicted molar refractivity (Wildman–Crippen MR) is 71.9 cm³/mol. The second-order valence-electron chi connectivity index (χ2n) is 3.46. The quantitative estimate of drug-likeness (QED) is 0.800. The number of hydrogen-bond donors (Lipinski definition) is 1. The minimum absolute atomic E-state index is 0.0998. The fraction of sp³-hybridized carbons (Fsp3) is 0.455. The summed E-state index contributed by atoms with van der Waals surface area (Å²) in [5.41, 5.74) is 5.96. The Labute approximate surface area is 114 Å². The molecule has 0 aromatic heterocycles. The van der Waals surface area contributed by atoms with Gasteiger partial charge in [0.1, 0.15) is 11.6 Å². The maximum Gasteiger partial charge on any atom is 0.351 e. The first kappa shape index (κ1) is 15.8. The Morgan fingerprint density at radius 1 is 1.39 bits per heavy atom. The van der Waals surface area contributed by atoms with Crippen LogP contribution in [0.25, 0.3) is 0 Å². The molecule has 1 rings (SSSR count). The van der Waals surface area contributed by atoms with E-state index in [9.17, 15) is 8.96 Å². The standard InChI is InChI=1S/C11H16BrFNO3P/c1-3-16-18(15,17-4-2)11(14)10-8(12)6-5-7-9(10)13/h5-7,11H,3-4,14H2,1-2H3/t11-/m0/s1. The summed E-state index contributed by atoms with van der Waals surface area (Å²) in [6.07, 6.45) is 0. The van der Waals surface area contributed by atoms with Gasteiger partial charge in [0.05, 0.1) is 13.2 Å². The van der Waals surface area contributed by atoms with E-state index < -0.39 is 19.2 Å². The Morgan fingerprint density at radius 2 is 1.94 bits per heavy atom. The molecular formula is C11H16BrFNO3P. The summed E-state index contributed by atoms with van der Waals surface area (Å²) in [4.78, 5) is 0. The van der Waals surface area contributed by atoms with Crippen LogP contribution in [0, 0.1) is 5.82 Å². The summed E-state index contributed by atoms with van der Waals surface area (Å²) in [6.45, 7) is 3.71. The van der Waals surface area contributed by atoms with Crippen LogP contribution < -0.4 is 5.73 Å². The highest BCUT2D eigenvalue weighted by atomic mass is 79.9. The molecule has 0 aliphatic heterocycles. The van der Waals surface area contributed by atoms with Crippen LogP contribution in [0.4, 0.5) is 4.39 Å². The first-order valence-corrected chi connectivity index (χ1v) is 7.95. The van der Waals surface area contributed by atoms with Gasteiger partial charge in [-0.15, -0.1) is 0 Å². The zero-order valence-electron chi connectivity index (χ0n) is 10.2. The first-order valence-electron chi connectivity index (χ1n) is 5.54. The van der Waals surface area contributed by atoms with Gasteiger partial charge in [0.15, 0.2) is 0 Å². The highest BCUT2D eigenvalue weighted by Crippen LogP contribution is 2.59. The Bertz CT molecular complexity index is 428. The van der Waals surface area contributed by atoms with E-state index in [4.69, 9.17) is 14.8 Å². The fourth-order valence-corrected chi connectivity index (χ4v) is 3.97. The molecule has 0 bridgehead atoms. The lowest BCUT2D eigenvalue weighted by Gasteiger charge is -2.24. The molecule has 7 heteroatoms. The normalized spacial score (nSPS) is 13.6. The van der Waals surface area contributed by atoms with Crippen LogP contribution in [0.5, 0.6) is 0 Å². The highest BCUT2D eigenvalue weighted by Gasteiger charge is 2.36. The average Bonchev–Trinajstić information content (AvgIpc) is 2.29. The molecule has 0 radical (unpaired) electrons. The lowest BCUT2D eigenvalue weighted by molar-refractivity contribution is 0.212. The van der Waals surface area contributed by atoms with Crippen molar-refractivity contribution >= 4 is 23.5 Å². The van der Waals surface area contributed by atoms with Gasteiger partial charge in [-0.1, -0.05) is 22.0 Å². The van der Waals surface area contributed by atoms with E-state index in [0.717, 1.165) is 0 Å². The number of hydrogen-bond acceptors (Lipinski definition) is 4. The Morgan fingerprint density at radius 3 is 2.39 bits per heavy atom. The minimum atomic E-state index is -3.58. The maximum atomic E-state index is 13.8. The first-order chi connectivity index (χ1) is 8.46. The van der Waals surface area contributed by atoms with Crippen LogP contribution in [0.1, 0.15) is 25.2 Å². The molecule has 0 saturated carbocycles. The fourth-order valence-electron chi connectivity index (χ4n) is 1.51. The number of nitrogens with two attached hydrogens (primary N) is 1. The van der Waals surface area contributed by atoms with Crippen LogP contribution in [0.15, 0.2) is 22.7 Å². The molecule has 102 valence electrons. The third-order valence-electron chi connectivity index (χ3n) is 2.25. The molecule has 0 amide bonds. The van der Waals surface area contributed by atoms with E-state index >= 15 is 0 Å². The van der Waals surface area contributed by atoms with E-state index in [0.29, 0.717) is 4.47 Å². The van der Waals surface area contributed by atoms with Crippen LogP contribution in [-0.2, 0) is 13.6 Å². The molecule has 1 aromatic rings. The number of benzene rings is 1. The van der Waals surface area contributed by atoms with Crippen LogP contribution >= 0.6 is 23.5 Å². The van der Waals surface area contributed by atoms with Gasteiger partial charge >= 0.3 is 7.60 Å². The van der Waals surface area contributed by atoms with Crippen LogP contribution in [-0.4, -0.2) is 13.2 Å². The molecule has 18 heavy (non-hydrogen) atoms. The molecule has 0 saturated heterocycles. The van der Waals surface area contributed by atoms with Crippen LogP contribution in [0.3, 0.4) is 0 Å². The zero-order chi connectivity index (χ0) is 13.8. The van der Waals surface area contributed by atoms with Crippen molar-refractivity contribution in [3.8, 4) is 0 Å². The van der Waals surface area contributed by atoms with Crippen molar-refractivity contribution in [3.63, 3.8) is 0 Å². The molecule has 0 fully saturated rings. The minimum Gasteiger partial charge on any atom is -0.314 e. The summed E-state index contributed by atoms with van der Waals surface area (Å²) >= 11 is 3.19. The number of rotatable bonds is 6. The highest BCUT2D eigenvalue weighted by molar-refractivity contribution is 9.10. The van der Waals surface area contributed by atoms with Gasteiger partial charge in [-0.2, -0.15) is 0 Å². The van der Waals surface area contributed by atoms with Gasteiger partial charge in [0.2, 0.25) is 0 Å². The van der Waals surface area contributed by atoms with Gasteiger partial charge in [-0.25, -0.2) is 4.39 Å². The topological polar surface area (TPSA) is 61.5 Å². The lowest BCUT2D eigenvalue weighted by atomic mass is 10.2. The van der Waals surface area contributed by atoms with Gasteiger partial charge < -0.3 is 14.8 Å². The molecule has 1 aromatic carbocycles. The molecule has 0 heterocycles. The van der Waals surface area contributed by atoms with E-state index in [1.54, 1.807) is 19.9 Å². The van der Waals surface area contributed by atoms with Crippen LogP contribution in [0.2, 0.25) is 0 Å². The second kappa shape index (κ2) is 6.78. The molecule has 1 atom stereocenters.